The lowest BCUT2D eigenvalue weighted by Gasteiger charge is -2.19. The highest BCUT2D eigenvalue weighted by Gasteiger charge is 2.29. The number of hydrogen-bond donors (Lipinski definition) is 2. The Kier molecular flexibility index (Phi) is 6.86. The van der Waals surface area contributed by atoms with Crippen LogP contribution in [0.15, 0.2) is 82.1 Å². The van der Waals surface area contributed by atoms with Crippen LogP contribution < -0.4 is 5.43 Å². The van der Waals surface area contributed by atoms with E-state index in [-0.39, 0.29) is 10.3 Å². The number of amidine groups is 1. The summed E-state index contributed by atoms with van der Waals surface area (Å²) in [4.78, 5) is 0.186. The Labute approximate surface area is 214 Å². The molecule has 0 amide bonds. The average molecular weight is 520 g/mol. The van der Waals surface area contributed by atoms with Crippen LogP contribution in [0.1, 0.15) is 24.5 Å². The minimum atomic E-state index is -3.82. The maximum Gasteiger partial charge on any atom is 0.284 e. The van der Waals surface area contributed by atoms with Crippen LogP contribution in [-0.4, -0.2) is 44.6 Å². The third kappa shape index (κ3) is 5.18. The summed E-state index contributed by atoms with van der Waals surface area (Å²) in [6, 6.07) is 22.8. The van der Waals surface area contributed by atoms with Gasteiger partial charge >= 0.3 is 0 Å². The van der Waals surface area contributed by atoms with Crippen LogP contribution in [0.3, 0.4) is 0 Å². The van der Waals surface area contributed by atoms with Gasteiger partial charge in [0.05, 0.1) is 16.8 Å². The van der Waals surface area contributed by atoms with Crippen molar-refractivity contribution >= 4 is 27.0 Å². The molecule has 5 rings (SSSR count). The van der Waals surface area contributed by atoms with E-state index >= 15 is 0 Å². The van der Waals surface area contributed by atoms with Gasteiger partial charge < -0.3 is 0 Å². The lowest BCUT2D eigenvalue weighted by Crippen LogP contribution is -2.37. The number of aromatic amines is 1. The van der Waals surface area contributed by atoms with Crippen LogP contribution in [0.2, 0.25) is 0 Å². The van der Waals surface area contributed by atoms with E-state index in [1.165, 1.54) is 11.8 Å². The SMILES string of the molecule is CCC1NN(Cc2ccc(-c3ccccc3-c3nn[nH]n3)cc2)C(=NS(=O)(=O)c2ccc(C)cc2)S1. The van der Waals surface area contributed by atoms with Crippen molar-refractivity contribution in [3.05, 3.63) is 83.9 Å². The minimum Gasteiger partial charge on any atom is -0.280 e. The number of nitrogens with one attached hydrogen (secondary N) is 2. The predicted octanol–water partition coefficient (Wildman–Crippen LogP) is 4.38. The zero-order valence-electron chi connectivity index (χ0n) is 19.8. The summed E-state index contributed by atoms with van der Waals surface area (Å²) in [6.07, 6.45) is 0.830. The number of H-pyrrole nitrogens is 1. The van der Waals surface area contributed by atoms with E-state index in [4.69, 9.17) is 0 Å². The Morgan fingerprint density at radius 2 is 1.72 bits per heavy atom. The van der Waals surface area contributed by atoms with Gasteiger partial charge in [0.15, 0.2) is 5.17 Å². The van der Waals surface area contributed by atoms with Crippen LogP contribution in [-0.2, 0) is 16.6 Å². The number of aryl methyl sites for hydroxylation is 1. The zero-order chi connectivity index (χ0) is 25.1. The zero-order valence-corrected chi connectivity index (χ0v) is 21.4. The van der Waals surface area contributed by atoms with E-state index in [1.807, 2.05) is 60.5 Å². The molecule has 1 aliphatic heterocycles. The standard InChI is InChI=1S/C25H25N7O2S2/c1-3-23-28-32(25(35-23)29-36(33,34)20-14-8-17(2)9-15-20)16-18-10-12-19(13-11-18)21-6-4-5-7-22(21)24-26-30-31-27-24/h4-15,23,28H,3,16H2,1-2H3,(H,26,27,30,31). The first-order chi connectivity index (χ1) is 17.4. The van der Waals surface area contributed by atoms with Crippen molar-refractivity contribution in [3.63, 3.8) is 0 Å². The molecule has 0 radical (unpaired) electrons. The Morgan fingerprint density at radius 3 is 2.39 bits per heavy atom. The molecule has 0 saturated carbocycles. The second-order valence-electron chi connectivity index (χ2n) is 8.37. The molecule has 2 heterocycles. The number of thioether (sulfide) groups is 1. The summed E-state index contributed by atoms with van der Waals surface area (Å²) in [5.41, 5.74) is 8.28. The molecule has 1 saturated heterocycles. The first-order valence-corrected chi connectivity index (χ1v) is 13.8. The number of hydrazine groups is 1. The van der Waals surface area contributed by atoms with Crippen molar-refractivity contribution in [1.29, 1.82) is 0 Å². The maximum absolute atomic E-state index is 13.0. The normalized spacial score (nSPS) is 17.1. The molecule has 2 N–H and O–H groups in total. The maximum atomic E-state index is 13.0. The lowest BCUT2D eigenvalue weighted by atomic mass is 9.98. The Hall–Kier alpha value is -3.54. The molecule has 0 bridgehead atoms. The van der Waals surface area contributed by atoms with Gasteiger partial charge in [-0.25, -0.2) is 5.43 Å². The van der Waals surface area contributed by atoms with Crippen LogP contribution in [0.25, 0.3) is 22.5 Å². The molecule has 3 aromatic carbocycles. The Morgan fingerprint density at radius 1 is 1.00 bits per heavy atom. The summed E-state index contributed by atoms with van der Waals surface area (Å²) >= 11 is 1.43. The molecule has 184 valence electrons. The highest BCUT2D eigenvalue weighted by atomic mass is 32.2. The van der Waals surface area contributed by atoms with Gasteiger partial charge in [-0.1, -0.05) is 84.9 Å². The van der Waals surface area contributed by atoms with E-state index in [2.05, 4.69) is 37.4 Å². The molecule has 36 heavy (non-hydrogen) atoms. The number of tetrazole rings is 1. The van der Waals surface area contributed by atoms with Crippen molar-refractivity contribution in [2.24, 2.45) is 4.40 Å². The molecular weight excluding hydrogens is 494 g/mol. The number of hydrogen-bond acceptors (Lipinski definition) is 7. The molecule has 1 fully saturated rings. The predicted molar refractivity (Wildman–Crippen MR) is 141 cm³/mol. The Bertz CT molecular complexity index is 1470. The van der Waals surface area contributed by atoms with Crippen LogP contribution in [0.4, 0.5) is 0 Å². The van der Waals surface area contributed by atoms with Gasteiger partial charge in [-0.3, -0.25) is 5.01 Å². The molecule has 1 unspecified atom stereocenters. The molecule has 1 aliphatic rings. The summed E-state index contributed by atoms with van der Waals surface area (Å²) < 4.78 is 30.1. The minimum absolute atomic E-state index is 0.0538. The van der Waals surface area contributed by atoms with Crippen molar-refractivity contribution in [1.82, 2.24) is 31.1 Å². The number of rotatable bonds is 7. The van der Waals surface area contributed by atoms with Gasteiger partial charge in [0.25, 0.3) is 10.0 Å². The highest BCUT2D eigenvalue weighted by molar-refractivity contribution is 8.15. The molecule has 9 nitrogen and oxygen atoms in total. The Balaban J connectivity index is 1.39. The van der Waals surface area contributed by atoms with Gasteiger partial charge in [0, 0.05) is 5.56 Å². The van der Waals surface area contributed by atoms with Gasteiger partial charge in [0.2, 0.25) is 5.82 Å². The quantitative estimate of drug-likeness (QED) is 0.370. The first kappa shape index (κ1) is 24.2. The molecule has 0 spiro atoms. The topological polar surface area (TPSA) is 116 Å². The molecular formula is C25H25N7O2S2. The van der Waals surface area contributed by atoms with Crippen molar-refractivity contribution in [3.8, 4) is 22.5 Å². The number of aromatic nitrogens is 4. The molecule has 1 atom stereocenters. The van der Waals surface area contributed by atoms with E-state index in [0.717, 1.165) is 34.2 Å². The monoisotopic (exact) mass is 519 g/mol. The van der Waals surface area contributed by atoms with Gasteiger partial charge in [0.1, 0.15) is 0 Å². The second-order valence-corrected chi connectivity index (χ2v) is 11.1. The number of benzene rings is 3. The number of nitrogens with zero attached hydrogens (tertiary/aromatic N) is 5. The fourth-order valence-corrected chi connectivity index (χ4v) is 6.05. The second kappa shape index (κ2) is 10.2. The summed E-state index contributed by atoms with van der Waals surface area (Å²) in [7, 11) is -3.82. The smallest absolute Gasteiger partial charge is 0.280 e. The lowest BCUT2D eigenvalue weighted by molar-refractivity contribution is 0.306. The third-order valence-corrected chi connectivity index (χ3v) is 8.43. The van der Waals surface area contributed by atoms with Crippen molar-refractivity contribution in [2.75, 3.05) is 0 Å². The van der Waals surface area contributed by atoms with Crippen molar-refractivity contribution in [2.45, 2.75) is 37.1 Å². The molecule has 0 aliphatic carbocycles. The van der Waals surface area contributed by atoms with Crippen LogP contribution in [0.5, 0.6) is 0 Å². The van der Waals surface area contributed by atoms with Gasteiger partial charge in [-0.2, -0.15) is 13.6 Å². The molecule has 11 heteroatoms. The number of sulfonamides is 1. The van der Waals surface area contributed by atoms with E-state index < -0.39 is 10.0 Å². The van der Waals surface area contributed by atoms with E-state index in [0.29, 0.717) is 17.5 Å². The van der Waals surface area contributed by atoms with Crippen LogP contribution in [0, 0.1) is 6.92 Å². The highest BCUT2D eigenvalue weighted by Crippen LogP contribution is 2.31. The third-order valence-electron chi connectivity index (χ3n) is 5.79. The van der Waals surface area contributed by atoms with Crippen LogP contribution >= 0.6 is 11.8 Å². The average Bonchev–Trinajstić information content (AvgIpc) is 3.55. The fraction of sp³-hybridized carbons (Fsp3) is 0.200. The van der Waals surface area contributed by atoms with Crippen molar-refractivity contribution < 1.29 is 8.42 Å². The molecule has 4 aromatic rings. The molecule has 1 aromatic heterocycles. The largest absolute Gasteiger partial charge is 0.284 e. The summed E-state index contributed by atoms with van der Waals surface area (Å²) in [5, 5.41) is 16.7. The summed E-state index contributed by atoms with van der Waals surface area (Å²) in [6.45, 7) is 4.44. The van der Waals surface area contributed by atoms with E-state index in [1.54, 1.807) is 24.3 Å². The summed E-state index contributed by atoms with van der Waals surface area (Å²) in [5.74, 6) is 0.536. The van der Waals surface area contributed by atoms with E-state index in [9.17, 15) is 8.42 Å². The van der Waals surface area contributed by atoms with Gasteiger partial charge in [-0.05, 0) is 47.4 Å². The fourth-order valence-electron chi connectivity index (χ4n) is 3.85. The van der Waals surface area contributed by atoms with Gasteiger partial charge in [-0.15, -0.1) is 14.6 Å². The first-order valence-electron chi connectivity index (χ1n) is 11.5.